The highest BCUT2D eigenvalue weighted by atomic mass is 16.6. The predicted octanol–water partition coefficient (Wildman–Crippen LogP) is 1.85. The normalized spacial score (nSPS) is 14.0. The fraction of sp³-hybridized carbons (Fsp3) is 0.462. The van der Waals surface area contributed by atoms with Crippen LogP contribution in [0.2, 0.25) is 0 Å². The van der Waals surface area contributed by atoms with E-state index < -0.39 is 16.6 Å². The Morgan fingerprint density at radius 1 is 1.40 bits per heavy atom. The van der Waals surface area contributed by atoms with Gasteiger partial charge in [-0.25, -0.2) is 4.79 Å². The minimum absolute atomic E-state index is 0.295. The van der Waals surface area contributed by atoms with Gasteiger partial charge in [-0.3, -0.25) is 10.1 Å². The number of carboxylic acids is 1. The molecule has 0 radical (unpaired) electrons. The molecule has 1 aromatic carbocycles. The van der Waals surface area contributed by atoms with Gasteiger partial charge >= 0.3 is 5.97 Å². The maximum absolute atomic E-state index is 10.9. The van der Waals surface area contributed by atoms with E-state index in [4.69, 9.17) is 5.11 Å². The molecule has 0 atom stereocenters. The third-order valence-electron chi connectivity index (χ3n) is 3.12. The first-order chi connectivity index (χ1) is 9.58. The van der Waals surface area contributed by atoms with Gasteiger partial charge in [0.2, 0.25) is 0 Å². The Hall–Kier alpha value is -2.15. The van der Waals surface area contributed by atoms with Crippen molar-refractivity contribution in [1.29, 1.82) is 0 Å². The lowest BCUT2D eigenvalue weighted by atomic mass is 10.1. The number of hydrogen-bond acceptors (Lipinski definition) is 5. The third kappa shape index (κ3) is 3.92. The highest BCUT2D eigenvalue weighted by Gasteiger charge is 2.20. The molecule has 2 rings (SSSR count). The molecule has 7 heteroatoms. The molecule has 1 aromatic rings. The summed E-state index contributed by atoms with van der Waals surface area (Å²) in [4.78, 5) is 21.0. The van der Waals surface area contributed by atoms with Gasteiger partial charge in [0.05, 0.1) is 4.92 Å². The second-order valence-corrected chi connectivity index (χ2v) is 4.80. The lowest BCUT2D eigenvalue weighted by molar-refractivity contribution is -0.385. The molecule has 1 aliphatic carbocycles. The predicted molar refractivity (Wildman–Crippen MR) is 74.2 cm³/mol. The Bertz CT molecular complexity index is 514. The van der Waals surface area contributed by atoms with Crippen LogP contribution in [0, 0.1) is 10.1 Å². The van der Waals surface area contributed by atoms with Gasteiger partial charge in [-0.1, -0.05) is 0 Å². The van der Waals surface area contributed by atoms with E-state index in [0.717, 1.165) is 13.0 Å². The average molecular weight is 279 g/mol. The van der Waals surface area contributed by atoms with E-state index in [9.17, 15) is 14.9 Å². The molecule has 20 heavy (non-hydrogen) atoms. The standard InChI is InChI=1S/C13H17N3O4/c17-13(18)11-5-4-10(8-12(11)16(19)20)15-7-1-6-14-9-2-3-9/h4-5,8-9,14-15H,1-3,6-7H2,(H,17,18). The van der Waals surface area contributed by atoms with Crippen LogP contribution in [0.3, 0.4) is 0 Å². The van der Waals surface area contributed by atoms with Crippen molar-refractivity contribution in [2.45, 2.75) is 25.3 Å². The fourth-order valence-electron chi connectivity index (χ4n) is 1.89. The van der Waals surface area contributed by atoms with Gasteiger partial charge in [-0.15, -0.1) is 0 Å². The Morgan fingerprint density at radius 3 is 2.75 bits per heavy atom. The van der Waals surface area contributed by atoms with Gasteiger partial charge in [0, 0.05) is 24.3 Å². The fourth-order valence-corrected chi connectivity index (χ4v) is 1.89. The van der Waals surface area contributed by atoms with Crippen LogP contribution >= 0.6 is 0 Å². The largest absolute Gasteiger partial charge is 0.477 e. The zero-order chi connectivity index (χ0) is 14.5. The molecule has 3 N–H and O–H groups in total. The molecule has 1 aliphatic rings. The summed E-state index contributed by atoms with van der Waals surface area (Å²) >= 11 is 0. The number of nitrogens with one attached hydrogen (secondary N) is 2. The summed E-state index contributed by atoms with van der Waals surface area (Å²) in [5, 5.41) is 26.2. The lowest BCUT2D eigenvalue weighted by Gasteiger charge is -2.07. The Kier molecular flexibility index (Phi) is 4.52. The SMILES string of the molecule is O=C(O)c1ccc(NCCCNC2CC2)cc1[N+](=O)[O-]. The first kappa shape index (κ1) is 14.3. The van der Waals surface area contributed by atoms with Crippen molar-refractivity contribution in [1.82, 2.24) is 5.32 Å². The monoisotopic (exact) mass is 279 g/mol. The Morgan fingerprint density at radius 2 is 2.15 bits per heavy atom. The summed E-state index contributed by atoms with van der Waals surface area (Å²) in [5.74, 6) is -1.29. The molecule has 0 bridgehead atoms. The van der Waals surface area contributed by atoms with Gasteiger partial charge in [0.25, 0.3) is 5.69 Å². The number of nitrogens with zero attached hydrogens (tertiary/aromatic N) is 1. The molecule has 1 saturated carbocycles. The molecule has 0 amide bonds. The zero-order valence-corrected chi connectivity index (χ0v) is 11.0. The second-order valence-electron chi connectivity index (χ2n) is 4.80. The average Bonchev–Trinajstić information content (AvgIpc) is 3.22. The molecule has 0 saturated heterocycles. The van der Waals surface area contributed by atoms with Crippen molar-refractivity contribution in [3.05, 3.63) is 33.9 Å². The quantitative estimate of drug-likeness (QED) is 0.381. The number of rotatable bonds is 8. The van der Waals surface area contributed by atoms with Gasteiger partial charge < -0.3 is 15.7 Å². The van der Waals surface area contributed by atoms with Crippen LogP contribution in [0.25, 0.3) is 0 Å². The van der Waals surface area contributed by atoms with E-state index in [-0.39, 0.29) is 5.56 Å². The van der Waals surface area contributed by atoms with E-state index >= 15 is 0 Å². The maximum Gasteiger partial charge on any atom is 0.342 e. The van der Waals surface area contributed by atoms with Crippen molar-refractivity contribution in [3.8, 4) is 0 Å². The van der Waals surface area contributed by atoms with Crippen molar-refractivity contribution < 1.29 is 14.8 Å². The summed E-state index contributed by atoms with van der Waals surface area (Å²) in [7, 11) is 0. The summed E-state index contributed by atoms with van der Waals surface area (Å²) in [6.07, 6.45) is 3.40. The molecule has 0 spiro atoms. The molecule has 7 nitrogen and oxygen atoms in total. The number of carbonyl (C=O) groups is 1. The van der Waals surface area contributed by atoms with E-state index in [2.05, 4.69) is 10.6 Å². The van der Waals surface area contributed by atoms with Crippen LogP contribution in [0.4, 0.5) is 11.4 Å². The molecule has 0 heterocycles. The highest BCUT2D eigenvalue weighted by Crippen LogP contribution is 2.23. The van der Waals surface area contributed by atoms with E-state index in [1.807, 2.05) is 0 Å². The molecule has 1 fully saturated rings. The molecular weight excluding hydrogens is 262 g/mol. The van der Waals surface area contributed by atoms with E-state index in [0.29, 0.717) is 18.3 Å². The molecular formula is C13H17N3O4. The number of hydrogen-bond donors (Lipinski definition) is 3. The van der Waals surface area contributed by atoms with Crippen molar-refractivity contribution in [2.24, 2.45) is 0 Å². The van der Waals surface area contributed by atoms with Crippen LogP contribution in [0.15, 0.2) is 18.2 Å². The van der Waals surface area contributed by atoms with Crippen molar-refractivity contribution >= 4 is 17.3 Å². The maximum atomic E-state index is 10.9. The molecule has 0 aromatic heterocycles. The van der Waals surface area contributed by atoms with Crippen molar-refractivity contribution in [2.75, 3.05) is 18.4 Å². The first-order valence-electron chi connectivity index (χ1n) is 6.57. The molecule has 108 valence electrons. The summed E-state index contributed by atoms with van der Waals surface area (Å²) < 4.78 is 0. The van der Waals surface area contributed by atoms with Gasteiger partial charge in [0.1, 0.15) is 5.56 Å². The van der Waals surface area contributed by atoms with Crippen LogP contribution in [-0.4, -0.2) is 35.1 Å². The minimum atomic E-state index is -1.29. The van der Waals surface area contributed by atoms with Crippen LogP contribution in [-0.2, 0) is 0 Å². The van der Waals surface area contributed by atoms with Crippen LogP contribution in [0.5, 0.6) is 0 Å². The molecule has 0 unspecified atom stereocenters. The Labute approximate surface area is 116 Å². The van der Waals surface area contributed by atoms with E-state index in [1.165, 1.54) is 25.0 Å². The summed E-state index contributed by atoms with van der Waals surface area (Å²) in [5.41, 5.74) is -0.123. The first-order valence-corrected chi connectivity index (χ1v) is 6.57. The third-order valence-corrected chi connectivity index (χ3v) is 3.12. The minimum Gasteiger partial charge on any atom is -0.477 e. The van der Waals surface area contributed by atoms with Crippen molar-refractivity contribution in [3.63, 3.8) is 0 Å². The van der Waals surface area contributed by atoms with Crippen LogP contribution < -0.4 is 10.6 Å². The van der Waals surface area contributed by atoms with Gasteiger partial charge in [0.15, 0.2) is 0 Å². The van der Waals surface area contributed by atoms with Crippen LogP contribution in [0.1, 0.15) is 29.6 Å². The summed E-state index contributed by atoms with van der Waals surface area (Å²) in [6, 6.07) is 4.74. The number of aromatic carboxylic acids is 1. The number of benzene rings is 1. The summed E-state index contributed by atoms with van der Waals surface area (Å²) in [6.45, 7) is 1.59. The molecule has 0 aliphatic heterocycles. The Balaban J connectivity index is 1.88. The lowest BCUT2D eigenvalue weighted by Crippen LogP contribution is -2.19. The number of nitro benzene ring substituents is 1. The number of anilines is 1. The second kappa shape index (κ2) is 6.33. The highest BCUT2D eigenvalue weighted by molar-refractivity contribution is 5.93. The van der Waals surface area contributed by atoms with Gasteiger partial charge in [-0.2, -0.15) is 0 Å². The van der Waals surface area contributed by atoms with E-state index in [1.54, 1.807) is 6.07 Å². The zero-order valence-electron chi connectivity index (χ0n) is 11.0. The smallest absolute Gasteiger partial charge is 0.342 e. The number of carboxylic acid groups (broad SMARTS) is 1. The number of nitro groups is 1. The van der Waals surface area contributed by atoms with Gasteiger partial charge in [-0.05, 0) is 37.9 Å². The topological polar surface area (TPSA) is 104 Å².